The Bertz CT molecular complexity index is 795. The smallest absolute Gasteiger partial charge is 0.257 e. The molecule has 2 aromatic heterocycles. The number of rotatable bonds is 7. The molecule has 1 aliphatic rings. The van der Waals surface area contributed by atoms with E-state index >= 15 is 0 Å². The molecule has 0 saturated carbocycles. The zero-order valence-electron chi connectivity index (χ0n) is 17.7. The summed E-state index contributed by atoms with van der Waals surface area (Å²) in [6, 6.07) is 0. The Labute approximate surface area is 166 Å². The van der Waals surface area contributed by atoms with Crippen molar-refractivity contribution in [2.24, 2.45) is 5.92 Å². The van der Waals surface area contributed by atoms with Crippen molar-refractivity contribution in [1.29, 1.82) is 0 Å². The minimum absolute atomic E-state index is 0.0202. The van der Waals surface area contributed by atoms with E-state index in [9.17, 15) is 4.79 Å². The van der Waals surface area contributed by atoms with Crippen LogP contribution in [0.5, 0.6) is 0 Å². The molecule has 1 unspecified atom stereocenters. The third kappa shape index (κ3) is 3.94. The van der Waals surface area contributed by atoms with Crippen molar-refractivity contribution in [3.05, 3.63) is 23.8 Å². The number of likely N-dealkylation sites (N-methyl/N-ethyl adjacent to an activating group) is 1. The molecule has 28 heavy (non-hydrogen) atoms. The first-order valence-electron chi connectivity index (χ1n) is 10.1. The standard InChI is InChI=1S/C19H32N8O/c1-6-26-13-16(12-20-26)17(28)25-10-7-9-19(14-25,24(4)5)18-21-22-23-27(18)11-8-15(2)3/h12-13,15H,6-11,14H2,1-5H3. The molecule has 3 rings (SSSR count). The topological polar surface area (TPSA) is 85.0 Å². The summed E-state index contributed by atoms with van der Waals surface area (Å²) >= 11 is 0. The number of nitrogens with zero attached hydrogens (tertiary/aromatic N) is 8. The van der Waals surface area contributed by atoms with Crippen LogP contribution >= 0.6 is 0 Å². The molecule has 154 valence electrons. The van der Waals surface area contributed by atoms with Gasteiger partial charge in [-0.3, -0.25) is 14.4 Å². The SMILES string of the molecule is CCn1cc(C(=O)N2CCCC(c3nnnn3CCC(C)C)(N(C)C)C2)cn1. The van der Waals surface area contributed by atoms with E-state index in [1.807, 2.05) is 36.8 Å². The Morgan fingerprint density at radius 1 is 1.36 bits per heavy atom. The van der Waals surface area contributed by atoms with E-state index in [0.29, 0.717) is 18.0 Å². The number of aromatic nitrogens is 6. The quantitative estimate of drug-likeness (QED) is 0.717. The highest BCUT2D eigenvalue weighted by atomic mass is 16.2. The van der Waals surface area contributed by atoms with Gasteiger partial charge >= 0.3 is 0 Å². The van der Waals surface area contributed by atoms with Crippen LogP contribution in [-0.2, 0) is 18.6 Å². The van der Waals surface area contributed by atoms with Crippen LogP contribution in [0.3, 0.4) is 0 Å². The predicted molar refractivity (Wildman–Crippen MR) is 106 cm³/mol. The van der Waals surface area contributed by atoms with Crippen LogP contribution in [0, 0.1) is 5.92 Å². The van der Waals surface area contributed by atoms with Crippen molar-refractivity contribution in [2.45, 2.75) is 58.7 Å². The summed E-state index contributed by atoms with van der Waals surface area (Å²) in [5.41, 5.74) is 0.241. The maximum absolute atomic E-state index is 13.1. The molecular formula is C19H32N8O. The molecule has 1 saturated heterocycles. The van der Waals surface area contributed by atoms with Crippen LogP contribution in [0.2, 0.25) is 0 Å². The molecule has 0 aromatic carbocycles. The van der Waals surface area contributed by atoms with Crippen molar-refractivity contribution in [3.63, 3.8) is 0 Å². The normalized spacial score (nSPS) is 20.3. The van der Waals surface area contributed by atoms with E-state index in [0.717, 1.165) is 44.7 Å². The number of amides is 1. The number of likely N-dealkylation sites (tertiary alicyclic amines) is 1. The number of tetrazole rings is 1. The summed E-state index contributed by atoms with van der Waals surface area (Å²) in [6.45, 7) is 9.24. The summed E-state index contributed by atoms with van der Waals surface area (Å²) in [6.07, 6.45) is 6.31. The van der Waals surface area contributed by atoms with Gasteiger partial charge in [0, 0.05) is 32.4 Å². The molecule has 0 bridgehead atoms. The summed E-state index contributed by atoms with van der Waals surface area (Å²) in [4.78, 5) is 17.2. The van der Waals surface area contributed by atoms with E-state index in [1.54, 1.807) is 10.9 Å². The molecule has 0 aliphatic carbocycles. The Kier molecular flexibility index (Phi) is 6.12. The lowest BCUT2D eigenvalue weighted by Gasteiger charge is -2.45. The van der Waals surface area contributed by atoms with Crippen LogP contribution in [0.1, 0.15) is 56.2 Å². The lowest BCUT2D eigenvalue weighted by molar-refractivity contribution is 0.0256. The monoisotopic (exact) mass is 388 g/mol. The van der Waals surface area contributed by atoms with Crippen LogP contribution in [0.15, 0.2) is 12.4 Å². The second-order valence-electron chi connectivity index (χ2n) is 8.25. The third-order valence-corrected chi connectivity index (χ3v) is 5.68. The lowest BCUT2D eigenvalue weighted by Crippen LogP contribution is -2.56. The predicted octanol–water partition coefficient (Wildman–Crippen LogP) is 1.63. The maximum Gasteiger partial charge on any atom is 0.257 e. The number of hydrogen-bond donors (Lipinski definition) is 0. The minimum Gasteiger partial charge on any atom is -0.336 e. The zero-order valence-corrected chi connectivity index (χ0v) is 17.7. The van der Waals surface area contributed by atoms with E-state index in [-0.39, 0.29) is 5.91 Å². The molecule has 0 radical (unpaired) electrons. The Hall–Kier alpha value is -2.29. The van der Waals surface area contributed by atoms with Crippen molar-refractivity contribution in [3.8, 4) is 0 Å². The molecule has 1 amide bonds. The Morgan fingerprint density at radius 3 is 2.79 bits per heavy atom. The number of hydrogen-bond acceptors (Lipinski definition) is 6. The Morgan fingerprint density at radius 2 is 2.14 bits per heavy atom. The van der Waals surface area contributed by atoms with Crippen LogP contribution in [0.25, 0.3) is 0 Å². The molecule has 0 N–H and O–H groups in total. The highest BCUT2D eigenvalue weighted by Crippen LogP contribution is 2.35. The van der Waals surface area contributed by atoms with Crippen LogP contribution < -0.4 is 0 Å². The van der Waals surface area contributed by atoms with E-state index in [4.69, 9.17) is 0 Å². The number of carbonyl (C=O) groups excluding carboxylic acids is 1. The second-order valence-corrected chi connectivity index (χ2v) is 8.25. The molecular weight excluding hydrogens is 356 g/mol. The van der Waals surface area contributed by atoms with Gasteiger partial charge in [0.1, 0.15) is 5.54 Å². The van der Waals surface area contributed by atoms with Crippen LogP contribution in [-0.4, -0.2) is 72.9 Å². The molecule has 9 nitrogen and oxygen atoms in total. The summed E-state index contributed by atoms with van der Waals surface area (Å²) in [5, 5.41) is 16.9. The average molecular weight is 389 g/mol. The first kappa shape index (κ1) is 20.4. The lowest BCUT2D eigenvalue weighted by atomic mass is 9.86. The minimum atomic E-state index is -0.394. The molecule has 1 aliphatic heterocycles. The van der Waals surface area contributed by atoms with E-state index in [2.05, 4.69) is 39.4 Å². The van der Waals surface area contributed by atoms with Gasteiger partial charge < -0.3 is 4.90 Å². The second kappa shape index (κ2) is 8.38. The largest absolute Gasteiger partial charge is 0.336 e. The highest BCUT2D eigenvalue weighted by Gasteiger charge is 2.45. The summed E-state index contributed by atoms with van der Waals surface area (Å²) in [7, 11) is 4.09. The zero-order chi connectivity index (χ0) is 20.3. The molecule has 3 heterocycles. The van der Waals surface area contributed by atoms with Gasteiger partial charge in [0.15, 0.2) is 5.82 Å². The third-order valence-electron chi connectivity index (χ3n) is 5.68. The maximum atomic E-state index is 13.1. The highest BCUT2D eigenvalue weighted by molar-refractivity contribution is 5.93. The number of aryl methyl sites for hydroxylation is 2. The number of carbonyl (C=O) groups is 1. The fourth-order valence-electron chi connectivity index (χ4n) is 3.86. The molecule has 1 atom stereocenters. The van der Waals surface area contributed by atoms with Gasteiger partial charge in [-0.25, -0.2) is 4.68 Å². The van der Waals surface area contributed by atoms with Gasteiger partial charge in [-0.1, -0.05) is 13.8 Å². The summed E-state index contributed by atoms with van der Waals surface area (Å²) in [5.74, 6) is 1.44. The Balaban J connectivity index is 1.87. The number of piperidine rings is 1. The molecule has 1 fully saturated rings. The van der Waals surface area contributed by atoms with Gasteiger partial charge in [0.2, 0.25) is 0 Å². The van der Waals surface area contributed by atoms with Gasteiger partial charge in [0.05, 0.1) is 11.8 Å². The summed E-state index contributed by atoms with van der Waals surface area (Å²) < 4.78 is 3.70. The fourth-order valence-corrected chi connectivity index (χ4v) is 3.86. The van der Waals surface area contributed by atoms with Gasteiger partial charge in [-0.2, -0.15) is 5.10 Å². The van der Waals surface area contributed by atoms with Gasteiger partial charge in [-0.05, 0) is 56.6 Å². The van der Waals surface area contributed by atoms with Crippen LogP contribution in [0.4, 0.5) is 0 Å². The van der Waals surface area contributed by atoms with Crippen molar-refractivity contribution in [1.82, 2.24) is 39.8 Å². The molecule has 9 heteroatoms. The van der Waals surface area contributed by atoms with Crippen molar-refractivity contribution >= 4 is 5.91 Å². The van der Waals surface area contributed by atoms with Gasteiger partial charge in [-0.15, -0.1) is 5.10 Å². The average Bonchev–Trinajstić information content (AvgIpc) is 3.35. The first-order chi connectivity index (χ1) is 13.4. The van der Waals surface area contributed by atoms with E-state index < -0.39 is 5.54 Å². The van der Waals surface area contributed by atoms with E-state index in [1.165, 1.54) is 0 Å². The van der Waals surface area contributed by atoms with Crippen molar-refractivity contribution in [2.75, 3.05) is 27.2 Å². The molecule has 0 spiro atoms. The van der Waals surface area contributed by atoms with Gasteiger partial charge in [0.25, 0.3) is 5.91 Å². The fraction of sp³-hybridized carbons (Fsp3) is 0.737. The first-order valence-corrected chi connectivity index (χ1v) is 10.1. The molecule has 2 aromatic rings. The van der Waals surface area contributed by atoms with Crippen molar-refractivity contribution < 1.29 is 4.79 Å².